The lowest BCUT2D eigenvalue weighted by molar-refractivity contribution is 0.0599. The van der Waals surface area contributed by atoms with Crippen molar-refractivity contribution in [3.63, 3.8) is 0 Å². The van der Waals surface area contributed by atoms with Gasteiger partial charge in [-0.2, -0.15) is 0 Å². The number of fused-ring (bicyclic) bond motifs is 1. The number of hydrogen-bond donors (Lipinski definition) is 0. The van der Waals surface area contributed by atoms with Crippen LogP contribution in [-0.4, -0.2) is 35.7 Å². The number of carbonyl (C=O) groups excluding carboxylic acids is 2. The summed E-state index contributed by atoms with van der Waals surface area (Å²) in [6.07, 6.45) is 2.91. The molecule has 0 atom stereocenters. The molecule has 0 radical (unpaired) electrons. The summed E-state index contributed by atoms with van der Waals surface area (Å²) in [6, 6.07) is 14.0. The Morgan fingerprint density at radius 2 is 1.51 bits per heavy atom. The number of hydrogen-bond acceptors (Lipinski definition) is 6. The number of ether oxygens (including phenoxy) is 2. The number of para-hydroxylation sites is 1. The molecule has 0 aliphatic heterocycles. The van der Waals surface area contributed by atoms with Crippen LogP contribution in [0.25, 0.3) is 28.7 Å². The highest BCUT2D eigenvalue weighted by molar-refractivity contribution is 5.96. The minimum absolute atomic E-state index is 0.0148. The van der Waals surface area contributed by atoms with E-state index < -0.39 is 29.1 Å². The Morgan fingerprint density at radius 1 is 0.857 bits per heavy atom. The molecule has 0 fully saturated rings. The number of esters is 2. The first kappa shape index (κ1) is 23.5. The van der Waals surface area contributed by atoms with Crippen molar-refractivity contribution < 1.29 is 27.8 Å². The second kappa shape index (κ2) is 9.68. The zero-order valence-electron chi connectivity index (χ0n) is 18.6. The monoisotopic (exact) mass is 476 g/mol. The van der Waals surface area contributed by atoms with Crippen LogP contribution in [0.2, 0.25) is 0 Å². The van der Waals surface area contributed by atoms with Crippen LogP contribution < -0.4 is 5.56 Å². The van der Waals surface area contributed by atoms with E-state index in [-0.39, 0.29) is 22.6 Å². The van der Waals surface area contributed by atoms with E-state index in [1.807, 2.05) is 0 Å². The lowest BCUT2D eigenvalue weighted by atomic mass is 10.1. The van der Waals surface area contributed by atoms with Crippen LogP contribution in [0.4, 0.5) is 8.78 Å². The first-order valence-electron chi connectivity index (χ1n) is 10.3. The van der Waals surface area contributed by atoms with Crippen molar-refractivity contribution in [3.05, 3.63) is 105 Å². The van der Waals surface area contributed by atoms with Crippen LogP contribution in [-0.2, 0) is 9.47 Å². The number of halogens is 2. The van der Waals surface area contributed by atoms with Crippen molar-refractivity contribution in [1.29, 1.82) is 0 Å². The molecule has 0 aliphatic rings. The van der Waals surface area contributed by atoms with E-state index in [9.17, 15) is 23.2 Å². The summed E-state index contributed by atoms with van der Waals surface area (Å²) in [5, 5.41) is 0.292. The smallest absolute Gasteiger partial charge is 0.337 e. The average Bonchev–Trinajstić information content (AvgIpc) is 2.88. The molecule has 35 heavy (non-hydrogen) atoms. The molecule has 0 bridgehead atoms. The fourth-order valence-corrected chi connectivity index (χ4v) is 3.51. The van der Waals surface area contributed by atoms with Gasteiger partial charge in [-0.05, 0) is 54.1 Å². The quantitative estimate of drug-likeness (QED) is 0.397. The van der Waals surface area contributed by atoms with Crippen LogP contribution in [0, 0.1) is 11.6 Å². The van der Waals surface area contributed by atoms with Gasteiger partial charge in [0.15, 0.2) is 11.6 Å². The molecule has 0 N–H and O–H groups in total. The first-order chi connectivity index (χ1) is 16.8. The Labute approximate surface area is 197 Å². The van der Waals surface area contributed by atoms with E-state index in [2.05, 4.69) is 4.98 Å². The molecule has 0 amide bonds. The SMILES string of the molecule is COC(=O)c1cc(C(=O)OC)cc(-n2c(C=Cc3ccc(F)c(F)c3)nc3ccccc3c2=O)c1. The highest BCUT2D eigenvalue weighted by Crippen LogP contribution is 2.20. The van der Waals surface area contributed by atoms with Crippen LogP contribution in [0.1, 0.15) is 32.1 Å². The average molecular weight is 476 g/mol. The Bertz CT molecular complexity index is 1530. The van der Waals surface area contributed by atoms with Gasteiger partial charge < -0.3 is 9.47 Å². The second-order valence-corrected chi connectivity index (χ2v) is 7.39. The van der Waals surface area contributed by atoms with E-state index >= 15 is 0 Å². The third-order valence-electron chi connectivity index (χ3n) is 5.19. The molecule has 0 aliphatic carbocycles. The van der Waals surface area contributed by atoms with Gasteiger partial charge in [0.2, 0.25) is 0 Å². The second-order valence-electron chi connectivity index (χ2n) is 7.39. The van der Waals surface area contributed by atoms with Crippen molar-refractivity contribution in [2.45, 2.75) is 0 Å². The molecule has 7 nitrogen and oxygen atoms in total. The lowest BCUT2D eigenvalue weighted by Crippen LogP contribution is -2.23. The highest BCUT2D eigenvalue weighted by atomic mass is 19.2. The maximum absolute atomic E-state index is 13.7. The van der Waals surface area contributed by atoms with Gasteiger partial charge in [0.1, 0.15) is 5.82 Å². The normalized spacial score (nSPS) is 11.1. The maximum Gasteiger partial charge on any atom is 0.337 e. The summed E-state index contributed by atoms with van der Waals surface area (Å²) in [5.41, 5.74) is 0.439. The predicted octanol–water partition coefficient (Wildman–Crippen LogP) is 4.41. The minimum Gasteiger partial charge on any atom is -0.465 e. The molecule has 0 saturated carbocycles. The molecule has 1 aromatic heterocycles. The summed E-state index contributed by atoms with van der Waals surface area (Å²) in [7, 11) is 2.37. The van der Waals surface area contributed by atoms with E-state index in [4.69, 9.17) is 9.47 Å². The Morgan fingerprint density at radius 3 is 2.14 bits per heavy atom. The number of aromatic nitrogens is 2. The summed E-state index contributed by atoms with van der Waals surface area (Å²) < 4.78 is 37.7. The van der Waals surface area contributed by atoms with E-state index in [1.54, 1.807) is 24.3 Å². The van der Waals surface area contributed by atoms with Crippen molar-refractivity contribution in [1.82, 2.24) is 9.55 Å². The zero-order chi connectivity index (χ0) is 25.1. The topological polar surface area (TPSA) is 87.5 Å². The third-order valence-corrected chi connectivity index (χ3v) is 5.19. The lowest BCUT2D eigenvalue weighted by Gasteiger charge is -2.14. The van der Waals surface area contributed by atoms with Gasteiger partial charge in [-0.3, -0.25) is 9.36 Å². The largest absolute Gasteiger partial charge is 0.465 e. The van der Waals surface area contributed by atoms with E-state index in [1.165, 1.54) is 55.2 Å². The Kier molecular flexibility index (Phi) is 6.50. The molecular formula is C26H18F2N2O5. The van der Waals surface area contributed by atoms with Crippen molar-refractivity contribution >= 4 is 35.0 Å². The number of nitrogens with zero attached hydrogens (tertiary/aromatic N) is 2. The molecule has 0 unspecified atom stereocenters. The zero-order valence-corrected chi connectivity index (χ0v) is 18.6. The van der Waals surface area contributed by atoms with E-state index in [0.29, 0.717) is 16.5 Å². The summed E-state index contributed by atoms with van der Waals surface area (Å²) in [6.45, 7) is 0. The van der Waals surface area contributed by atoms with Crippen molar-refractivity contribution in [2.24, 2.45) is 0 Å². The van der Waals surface area contributed by atoms with Gasteiger partial charge in [-0.1, -0.05) is 24.3 Å². The van der Waals surface area contributed by atoms with Crippen molar-refractivity contribution in [2.75, 3.05) is 14.2 Å². The molecule has 9 heteroatoms. The van der Waals surface area contributed by atoms with Gasteiger partial charge in [0.05, 0.1) is 41.9 Å². The van der Waals surface area contributed by atoms with E-state index in [0.717, 1.165) is 12.1 Å². The maximum atomic E-state index is 13.7. The van der Waals surface area contributed by atoms with Crippen molar-refractivity contribution in [3.8, 4) is 5.69 Å². The number of benzene rings is 3. The molecule has 0 saturated heterocycles. The predicted molar refractivity (Wildman–Crippen MR) is 125 cm³/mol. The number of carbonyl (C=O) groups is 2. The molecule has 4 rings (SSSR count). The Balaban J connectivity index is 1.99. The number of rotatable bonds is 5. The standard InChI is InChI=1S/C26H18F2N2O5/c1-34-25(32)16-12-17(26(33)35-2)14-18(13-16)30-23(10-8-15-7-9-20(27)21(28)11-15)29-22-6-4-3-5-19(22)24(30)31/h3-14H,1-2H3. The fourth-order valence-electron chi connectivity index (χ4n) is 3.51. The molecule has 3 aromatic carbocycles. The first-order valence-corrected chi connectivity index (χ1v) is 10.3. The number of methoxy groups -OCH3 is 2. The van der Waals surface area contributed by atoms with Gasteiger partial charge in [-0.15, -0.1) is 0 Å². The molecule has 1 heterocycles. The molecule has 176 valence electrons. The molecule has 4 aromatic rings. The summed E-state index contributed by atoms with van der Waals surface area (Å²) in [4.78, 5) is 42.6. The van der Waals surface area contributed by atoms with Crippen LogP contribution in [0.15, 0.2) is 65.5 Å². The Hall–Kier alpha value is -4.66. The molecular weight excluding hydrogens is 458 g/mol. The van der Waals surface area contributed by atoms with Gasteiger partial charge in [-0.25, -0.2) is 23.4 Å². The van der Waals surface area contributed by atoms with Crippen LogP contribution >= 0.6 is 0 Å². The van der Waals surface area contributed by atoms with Gasteiger partial charge in [0, 0.05) is 0 Å². The van der Waals surface area contributed by atoms with Crippen LogP contribution in [0.5, 0.6) is 0 Å². The third kappa shape index (κ3) is 4.70. The summed E-state index contributed by atoms with van der Waals surface area (Å²) in [5.74, 6) is -3.34. The summed E-state index contributed by atoms with van der Waals surface area (Å²) >= 11 is 0. The molecule has 0 spiro atoms. The van der Waals surface area contributed by atoms with Crippen LogP contribution in [0.3, 0.4) is 0 Å². The minimum atomic E-state index is -1.02. The fraction of sp³-hybridized carbons (Fsp3) is 0.0769. The highest BCUT2D eigenvalue weighted by Gasteiger charge is 2.18. The van der Waals surface area contributed by atoms with Gasteiger partial charge in [0.25, 0.3) is 5.56 Å². The van der Waals surface area contributed by atoms with Gasteiger partial charge >= 0.3 is 11.9 Å².